The Labute approximate surface area is 99.8 Å². The Bertz CT molecular complexity index is 381. The number of nitrogens with one attached hydrogen (secondary N) is 1. The zero-order valence-electron chi connectivity index (χ0n) is 9.39. The molecular formula is C12H15ClFNO. The lowest BCUT2D eigenvalue weighted by Crippen LogP contribution is -2.25. The Hall–Kier alpha value is -0.930. The van der Waals surface area contributed by atoms with Crippen LogP contribution in [0.15, 0.2) is 18.2 Å². The van der Waals surface area contributed by atoms with Crippen LogP contribution in [0.3, 0.4) is 0 Å². The van der Waals surface area contributed by atoms with E-state index < -0.39 is 5.82 Å². The van der Waals surface area contributed by atoms with Crippen molar-refractivity contribution in [2.45, 2.75) is 13.3 Å². The van der Waals surface area contributed by atoms with Crippen molar-refractivity contribution < 1.29 is 9.18 Å². The fraction of sp³-hybridized carbons (Fsp3) is 0.417. The Morgan fingerprint density at radius 1 is 1.56 bits per heavy atom. The molecule has 1 rings (SSSR count). The van der Waals surface area contributed by atoms with Crippen molar-refractivity contribution in [3.63, 3.8) is 0 Å². The summed E-state index contributed by atoms with van der Waals surface area (Å²) in [6, 6.07) is 4.52. The molecular weight excluding hydrogens is 229 g/mol. The number of benzene rings is 1. The van der Waals surface area contributed by atoms with E-state index in [0.29, 0.717) is 12.1 Å². The highest BCUT2D eigenvalue weighted by atomic mass is 35.5. The van der Waals surface area contributed by atoms with Gasteiger partial charge in [-0.3, -0.25) is 4.79 Å². The van der Waals surface area contributed by atoms with Crippen molar-refractivity contribution in [3.8, 4) is 0 Å². The molecule has 0 spiro atoms. The van der Waals surface area contributed by atoms with E-state index >= 15 is 0 Å². The first-order chi connectivity index (χ1) is 7.56. The fourth-order valence-corrected chi connectivity index (χ4v) is 1.66. The van der Waals surface area contributed by atoms with E-state index in [2.05, 4.69) is 5.32 Å². The summed E-state index contributed by atoms with van der Waals surface area (Å²) in [6.07, 6.45) is 0.180. The average molecular weight is 244 g/mol. The zero-order valence-corrected chi connectivity index (χ0v) is 10.1. The van der Waals surface area contributed by atoms with Gasteiger partial charge in [0.2, 0.25) is 0 Å². The molecule has 0 heterocycles. The molecule has 1 N–H and O–H groups in total. The van der Waals surface area contributed by atoms with E-state index in [-0.39, 0.29) is 23.1 Å². The van der Waals surface area contributed by atoms with Gasteiger partial charge in [0.05, 0.1) is 5.02 Å². The summed E-state index contributed by atoms with van der Waals surface area (Å²) in [7, 11) is 1.79. The molecule has 0 amide bonds. The van der Waals surface area contributed by atoms with E-state index in [1.54, 1.807) is 19.2 Å². The van der Waals surface area contributed by atoms with Gasteiger partial charge < -0.3 is 5.32 Å². The van der Waals surface area contributed by atoms with Crippen LogP contribution in [0, 0.1) is 11.7 Å². The maximum atomic E-state index is 13.1. The Morgan fingerprint density at radius 3 is 2.88 bits per heavy atom. The standard InChI is InChI=1S/C12H15ClFNO/c1-8(7-15-2)11(16)6-9-4-3-5-10(14)12(9)13/h3-5,8,15H,6-7H2,1-2H3. The lowest BCUT2D eigenvalue weighted by molar-refractivity contribution is -0.121. The molecule has 0 aliphatic carbocycles. The predicted molar refractivity (Wildman–Crippen MR) is 63.2 cm³/mol. The summed E-state index contributed by atoms with van der Waals surface area (Å²) >= 11 is 5.78. The topological polar surface area (TPSA) is 29.1 Å². The number of ketones is 1. The van der Waals surface area contributed by atoms with E-state index in [4.69, 9.17) is 11.6 Å². The second-order valence-electron chi connectivity index (χ2n) is 3.81. The van der Waals surface area contributed by atoms with E-state index in [1.807, 2.05) is 6.92 Å². The molecule has 1 unspecified atom stereocenters. The number of hydrogen-bond donors (Lipinski definition) is 1. The minimum Gasteiger partial charge on any atom is -0.319 e. The smallest absolute Gasteiger partial charge is 0.142 e. The highest BCUT2D eigenvalue weighted by Crippen LogP contribution is 2.21. The maximum Gasteiger partial charge on any atom is 0.142 e. The van der Waals surface area contributed by atoms with Crippen LogP contribution in [-0.4, -0.2) is 19.4 Å². The minimum absolute atomic E-state index is 0.0486. The molecule has 0 fully saturated rings. The van der Waals surface area contributed by atoms with Crippen molar-refractivity contribution in [2.75, 3.05) is 13.6 Å². The molecule has 0 saturated carbocycles. The first-order valence-electron chi connectivity index (χ1n) is 5.16. The summed E-state index contributed by atoms with van der Waals surface area (Å²) in [6.45, 7) is 2.46. The van der Waals surface area contributed by atoms with Crippen molar-refractivity contribution in [3.05, 3.63) is 34.6 Å². The highest BCUT2D eigenvalue weighted by Gasteiger charge is 2.15. The van der Waals surface area contributed by atoms with E-state index in [9.17, 15) is 9.18 Å². The van der Waals surface area contributed by atoms with Crippen molar-refractivity contribution in [1.29, 1.82) is 0 Å². The fourth-order valence-electron chi connectivity index (χ4n) is 1.47. The summed E-state index contributed by atoms with van der Waals surface area (Å²) < 4.78 is 13.1. The molecule has 0 bridgehead atoms. The first-order valence-corrected chi connectivity index (χ1v) is 5.54. The minimum atomic E-state index is -0.478. The highest BCUT2D eigenvalue weighted by molar-refractivity contribution is 6.31. The van der Waals surface area contributed by atoms with Gasteiger partial charge in [0.25, 0.3) is 0 Å². The Morgan fingerprint density at radius 2 is 2.25 bits per heavy atom. The third-order valence-electron chi connectivity index (χ3n) is 2.46. The molecule has 1 atom stereocenters. The number of Topliss-reactive ketones (excluding diaryl/α,β-unsaturated/α-hetero) is 1. The molecule has 0 saturated heterocycles. The number of rotatable bonds is 5. The molecule has 0 radical (unpaired) electrons. The van der Waals surface area contributed by atoms with Crippen LogP contribution < -0.4 is 5.32 Å². The van der Waals surface area contributed by atoms with Gasteiger partial charge in [-0.25, -0.2) is 4.39 Å². The van der Waals surface area contributed by atoms with E-state index in [0.717, 1.165) is 0 Å². The lowest BCUT2D eigenvalue weighted by Gasteiger charge is -2.10. The predicted octanol–water partition coefficient (Wildman–Crippen LogP) is 2.45. The van der Waals surface area contributed by atoms with Crippen LogP contribution in [0.4, 0.5) is 4.39 Å². The summed E-state index contributed by atoms with van der Waals surface area (Å²) in [5, 5.41) is 2.98. The number of carbonyl (C=O) groups excluding carboxylic acids is 1. The summed E-state index contributed by atoms with van der Waals surface area (Å²) in [5.41, 5.74) is 0.551. The monoisotopic (exact) mass is 243 g/mol. The van der Waals surface area contributed by atoms with Crippen molar-refractivity contribution >= 4 is 17.4 Å². The molecule has 0 aliphatic heterocycles. The molecule has 88 valence electrons. The SMILES string of the molecule is CNCC(C)C(=O)Cc1cccc(F)c1Cl. The third-order valence-corrected chi connectivity index (χ3v) is 2.88. The van der Waals surface area contributed by atoms with Gasteiger partial charge in [-0.1, -0.05) is 30.7 Å². The molecule has 16 heavy (non-hydrogen) atoms. The van der Waals surface area contributed by atoms with E-state index in [1.165, 1.54) is 6.07 Å². The van der Waals surface area contributed by atoms with Crippen LogP contribution in [0.25, 0.3) is 0 Å². The third kappa shape index (κ3) is 3.29. The maximum absolute atomic E-state index is 13.1. The largest absolute Gasteiger partial charge is 0.319 e. The normalized spacial score (nSPS) is 12.5. The first kappa shape index (κ1) is 13.1. The van der Waals surface area contributed by atoms with Gasteiger partial charge in [-0.2, -0.15) is 0 Å². The lowest BCUT2D eigenvalue weighted by atomic mass is 9.99. The zero-order chi connectivity index (χ0) is 12.1. The van der Waals surface area contributed by atoms with Crippen LogP contribution in [-0.2, 0) is 11.2 Å². The number of hydrogen-bond acceptors (Lipinski definition) is 2. The van der Waals surface area contributed by atoms with Gasteiger partial charge in [0, 0.05) is 18.9 Å². The van der Waals surface area contributed by atoms with Crippen LogP contribution in [0.2, 0.25) is 5.02 Å². The Balaban J connectivity index is 2.73. The molecule has 0 aliphatic rings. The summed E-state index contributed by atoms with van der Waals surface area (Å²) in [5.74, 6) is -0.514. The number of halogens is 2. The average Bonchev–Trinajstić information content (AvgIpc) is 2.25. The quantitative estimate of drug-likeness (QED) is 0.861. The Kier molecular flexibility index (Phi) is 4.90. The van der Waals surface area contributed by atoms with Gasteiger partial charge >= 0.3 is 0 Å². The van der Waals surface area contributed by atoms with Crippen molar-refractivity contribution in [2.24, 2.45) is 5.92 Å². The molecule has 0 aromatic heterocycles. The van der Waals surface area contributed by atoms with Gasteiger partial charge in [0.1, 0.15) is 11.6 Å². The second-order valence-corrected chi connectivity index (χ2v) is 4.19. The van der Waals surface area contributed by atoms with Gasteiger partial charge in [0.15, 0.2) is 0 Å². The number of carbonyl (C=O) groups is 1. The molecule has 1 aromatic rings. The van der Waals surface area contributed by atoms with Gasteiger partial charge in [-0.15, -0.1) is 0 Å². The second kappa shape index (κ2) is 5.97. The molecule has 2 nitrogen and oxygen atoms in total. The molecule has 4 heteroatoms. The van der Waals surface area contributed by atoms with Crippen LogP contribution in [0.5, 0.6) is 0 Å². The van der Waals surface area contributed by atoms with Crippen LogP contribution >= 0.6 is 11.6 Å². The van der Waals surface area contributed by atoms with Crippen molar-refractivity contribution in [1.82, 2.24) is 5.32 Å². The van der Waals surface area contributed by atoms with Crippen LogP contribution in [0.1, 0.15) is 12.5 Å². The summed E-state index contributed by atoms with van der Waals surface area (Å²) in [4.78, 5) is 11.7. The molecule has 1 aromatic carbocycles. The van der Waals surface area contributed by atoms with Gasteiger partial charge in [-0.05, 0) is 18.7 Å².